The van der Waals surface area contributed by atoms with E-state index in [4.69, 9.17) is 15.2 Å². The van der Waals surface area contributed by atoms with Gasteiger partial charge >= 0.3 is 0 Å². The van der Waals surface area contributed by atoms with E-state index in [0.29, 0.717) is 23.1 Å². The van der Waals surface area contributed by atoms with Crippen LogP contribution in [0.15, 0.2) is 24.4 Å². The molecule has 5 nitrogen and oxygen atoms in total. The zero-order valence-corrected chi connectivity index (χ0v) is 13.1. The highest BCUT2D eigenvalue weighted by atomic mass is 16.5. The van der Waals surface area contributed by atoms with Crippen molar-refractivity contribution in [2.24, 2.45) is 5.92 Å². The first-order chi connectivity index (χ1) is 10.0. The van der Waals surface area contributed by atoms with Crippen molar-refractivity contribution in [2.45, 2.75) is 26.8 Å². The molecule has 5 heteroatoms. The summed E-state index contributed by atoms with van der Waals surface area (Å²) in [5, 5.41) is 4.58. The topological polar surface area (TPSA) is 62.3 Å². The van der Waals surface area contributed by atoms with Gasteiger partial charge in [-0.1, -0.05) is 13.8 Å². The predicted molar refractivity (Wildman–Crippen MR) is 84.6 cm³/mol. The molecular weight excluding hydrogens is 266 g/mol. The summed E-state index contributed by atoms with van der Waals surface area (Å²) in [7, 11) is 3.23. The Hall–Kier alpha value is -2.17. The Balaban J connectivity index is 2.29. The Morgan fingerprint density at radius 3 is 2.52 bits per heavy atom. The average Bonchev–Trinajstić information content (AvgIpc) is 2.85. The number of hydrogen-bond acceptors (Lipinski definition) is 4. The fourth-order valence-electron chi connectivity index (χ4n) is 2.15. The molecule has 0 atom stereocenters. The van der Waals surface area contributed by atoms with Crippen molar-refractivity contribution >= 4 is 5.69 Å². The molecule has 0 bridgehead atoms. The highest BCUT2D eigenvalue weighted by molar-refractivity contribution is 5.74. The predicted octanol–water partition coefficient (Wildman–Crippen LogP) is 3.20. The van der Waals surface area contributed by atoms with Gasteiger partial charge in [-0.15, -0.1) is 0 Å². The third-order valence-corrected chi connectivity index (χ3v) is 3.38. The van der Waals surface area contributed by atoms with Crippen molar-refractivity contribution in [3.8, 4) is 22.8 Å². The summed E-state index contributed by atoms with van der Waals surface area (Å²) in [5.41, 5.74) is 8.46. The first kappa shape index (κ1) is 15.2. The van der Waals surface area contributed by atoms with Crippen LogP contribution in [-0.4, -0.2) is 24.0 Å². The van der Waals surface area contributed by atoms with Crippen molar-refractivity contribution in [1.82, 2.24) is 9.78 Å². The molecule has 0 saturated heterocycles. The van der Waals surface area contributed by atoms with E-state index in [-0.39, 0.29) is 0 Å². The maximum absolute atomic E-state index is 6.09. The number of rotatable bonds is 6. The molecular formula is C16H23N3O2. The number of benzene rings is 1. The minimum Gasteiger partial charge on any atom is -0.493 e. The normalized spacial score (nSPS) is 10.9. The van der Waals surface area contributed by atoms with Crippen LogP contribution in [0.3, 0.4) is 0 Å². The largest absolute Gasteiger partial charge is 0.493 e. The van der Waals surface area contributed by atoms with Gasteiger partial charge in [0.25, 0.3) is 0 Å². The molecule has 0 unspecified atom stereocenters. The van der Waals surface area contributed by atoms with Crippen LogP contribution in [-0.2, 0) is 6.54 Å². The third-order valence-electron chi connectivity index (χ3n) is 3.38. The van der Waals surface area contributed by atoms with E-state index < -0.39 is 0 Å². The number of nitrogen functional groups attached to an aromatic ring is 1. The first-order valence-corrected chi connectivity index (χ1v) is 7.10. The Morgan fingerprint density at radius 2 is 1.90 bits per heavy atom. The number of ether oxygens (including phenoxy) is 2. The summed E-state index contributed by atoms with van der Waals surface area (Å²) in [6, 6.07) is 5.69. The van der Waals surface area contributed by atoms with Crippen molar-refractivity contribution in [3.05, 3.63) is 24.4 Å². The molecule has 0 fully saturated rings. The van der Waals surface area contributed by atoms with Crippen LogP contribution in [0.2, 0.25) is 0 Å². The smallest absolute Gasteiger partial charge is 0.161 e. The van der Waals surface area contributed by atoms with Crippen molar-refractivity contribution in [1.29, 1.82) is 0 Å². The van der Waals surface area contributed by atoms with E-state index in [9.17, 15) is 0 Å². The molecule has 2 aromatic rings. The lowest BCUT2D eigenvalue weighted by molar-refractivity contribution is 0.355. The fraction of sp³-hybridized carbons (Fsp3) is 0.438. The van der Waals surface area contributed by atoms with Crippen LogP contribution < -0.4 is 15.2 Å². The zero-order valence-electron chi connectivity index (χ0n) is 13.1. The number of aromatic nitrogens is 2. The minimum absolute atomic E-state index is 0.639. The molecule has 0 amide bonds. The maximum atomic E-state index is 6.09. The second-order valence-electron chi connectivity index (χ2n) is 5.45. The van der Waals surface area contributed by atoms with Crippen molar-refractivity contribution in [3.63, 3.8) is 0 Å². The standard InChI is InChI=1S/C16H23N3O2/c1-11(2)7-8-19-10-13(17)16(18-19)12-5-6-14(20-3)15(9-12)21-4/h5-6,9-11H,7-8,17H2,1-4H3. The Bertz CT molecular complexity index is 606. The monoisotopic (exact) mass is 289 g/mol. The van der Waals surface area contributed by atoms with E-state index in [1.54, 1.807) is 14.2 Å². The molecule has 1 heterocycles. The second kappa shape index (κ2) is 6.52. The fourth-order valence-corrected chi connectivity index (χ4v) is 2.15. The quantitative estimate of drug-likeness (QED) is 0.887. The lowest BCUT2D eigenvalue weighted by Gasteiger charge is -2.08. The number of anilines is 1. The van der Waals surface area contributed by atoms with Gasteiger partial charge in [0, 0.05) is 18.3 Å². The molecule has 0 saturated carbocycles. The lowest BCUT2D eigenvalue weighted by atomic mass is 10.1. The van der Waals surface area contributed by atoms with Gasteiger partial charge in [-0.25, -0.2) is 0 Å². The van der Waals surface area contributed by atoms with Crippen molar-refractivity contribution < 1.29 is 9.47 Å². The molecule has 2 N–H and O–H groups in total. The van der Waals surface area contributed by atoms with Crippen LogP contribution >= 0.6 is 0 Å². The molecule has 2 rings (SSSR count). The molecule has 0 radical (unpaired) electrons. The number of hydrogen-bond donors (Lipinski definition) is 1. The van der Waals surface area contributed by atoms with Gasteiger partial charge < -0.3 is 15.2 Å². The van der Waals surface area contributed by atoms with Gasteiger partial charge in [0.15, 0.2) is 11.5 Å². The highest BCUT2D eigenvalue weighted by Gasteiger charge is 2.12. The number of nitrogens with two attached hydrogens (primary N) is 1. The first-order valence-electron chi connectivity index (χ1n) is 7.10. The van der Waals surface area contributed by atoms with Crippen LogP contribution in [0.4, 0.5) is 5.69 Å². The van der Waals surface area contributed by atoms with Crippen molar-refractivity contribution in [2.75, 3.05) is 20.0 Å². The number of nitrogens with zero attached hydrogens (tertiary/aromatic N) is 2. The van der Waals surface area contributed by atoms with E-state index in [1.165, 1.54) is 0 Å². The highest BCUT2D eigenvalue weighted by Crippen LogP contribution is 2.33. The third kappa shape index (κ3) is 3.48. The van der Waals surface area contributed by atoms with E-state index >= 15 is 0 Å². The molecule has 114 valence electrons. The molecule has 21 heavy (non-hydrogen) atoms. The SMILES string of the molecule is COc1ccc(-c2nn(CCC(C)C)cc2N)cc1OC. The lowest BCUT2D eigenvalue weighted by Crippen LogP contribution is -2.02. The molecule has 1 aromatic heterocycles. The van der Waals surface area contributed by atoms with Crippen LogP contribution in [0.1, 0.15) is 20.3 Å². The Kier molecular flexibility index (Phi) is 4.73. The van der Waals surface area contributed by atoms with E-state index in [1.807, 2.05) is 29.1 Å². The Morgan fingerprint density at radius 1 is 1.19 bits per heavy atom. The van der Waals surface area contributed by atoms with Gasteiger partial charge in [0.1, 0.15) is 5.69 Å². The molecule has 0 aliphatic carbocycles. The van der Waals surface area contributed by atoms with Crippen LogP contribution in [0, 0.1) is 5.92 Å². The van der Waals surface area contributed by atoms with Crippen LogP contribution in [0.25, 0.3) is 11.3 Å². The van der Waals surface area contributed by atoms with Gasteiger partial charge in [0.2, 0.25) is 0 Å². The second-order valence-corrected chi connectivity index (χ2v) is 5.45. The summed E-state index contributed by atoms with van der Waals surface area (Å²) in [5.74, 6) is 2.00. The molecule has 0 spiro atoms. The van der Waals surface area contributed by atoms with Crippen LogP contribution in [0.5, 0.6) is 11.5 Å². The van der Waals surface area contributed by atoms with Gasteiger partial charge in [-0.3, -0.25) is 4.68 Å². The van der Waals surface area contributed by atoms with E-state index in [0.717, 1.165) is 24.2 Å². The summed E-state index contributed by atoms with van der Waals surface area (Å²) in [4.78, 5) is 0. The van der Waals surface area contributed by atoms with E-state index in [2.05, 4.69) is 18.9 Å². The summed E-state index contributed by atoms with van der Waals surface area (Å²) in [6.45, 7) is 5.26. The summed E-state index contributed by atoms with van der Waals surface area (Å²) >= 11 is 0. The molecule has 0 aliphatic heterocycles. The number of aryl methyl sites for hydroxylation is 1. The van der Waals surface area contributed by atoms with Gasteiger partial charge in [0.05, 0.1) is 19.9 Å². The number of methoxy groups -OCH3 is 2. The minimum atomic E-state index is 0.639. The molecule has 1 aromatic carbocycles. The van der Waals surface area contributed by atoms with Gasteiger partial charge in [-0.05, 0) is 30.5 Å². The van der Waals surface area contributed by atoms with Gasteiger partial charge in [-0.2, -0.15) is 5.10 Å². The average molecular weight is 289 g/mol. The zero-order chi connectivity index (χ0) is 15.4. The Labute approximate surface area is 125 Å². The maximum Gasteiger partial charge on any atom is 0.161 e. The summed E-state index contributed by atoms with van der Waals surface area (Å²) in [6.07, 6.45) is 2.96. The molecule has 0 aliphatic rings. The summed E-state index contributed by atoms with van der Waals surface area (Å²) < 4.78 is 12.5.